The predicted octanol–water partition coefficient (Wildman–Crippen LogP) is 2.61. The Balaban J connectivity index is 2.26. The van der Waals surface area contributed by atoms with E-state index in [1.165, 1.54) is 6.20 Å². The van der Waals surface area contributed by atoms with E-state index in [-0.39, 0.29) is 5.75 Å². The second-order valence-electron chi connectivity index (χ2n) is 3.54. The molecule has 82 valence electrons. The summed E-state index contributed by atoms with van der Waals surface area (Å²) in [6, 6.07) is 8.77. The van der Waals surface area contributed by atoms with E-state index in [9.17, 15) is 0 Å². The minimum atomic E-state index is 0.251. The molecule has 3 N–H and O–H groups in total. The van der Waals surface area contributed by atoms with Gasteiger partial charge in [0, 0.05) is 18.2 Å². The van der Waals surface area contributed by atoms with Gasteiger partial charge in [0.05, 0.1) is 5.02 Å². The summed E-state index contributed by atoms with van der Waals surface area (Å²) in [6.07, 6.45) is 2.18. The molecule has 0 atom stereocenters. The highest BCUT2D eigenvalue weighted by Gasteiger charge is 2.03. The third-order valence-electron chi connectivity index (χ3n) is 2.30. The van der Waals surface area contributed by atoms with Crippen molar-refractivity contribution in [2.75, 3.05) is 5.73 Å². The number of pyridine rings is 1. The van der Waals surface area contributed by atoms with Gasteiger partial charge >= 0.3 is 0 Å². The molecule has 1 heterocycles. The standard InChI is InChI=1S/C12H11ClN2O/c13-10-6-9(12(14)15-7-10)5-8-1-3-11(16)4-2-8/h1-4,6-7,16H,5H2,(H2,14,15). The molecule has 2 aromatic rings. The lowest BCUT2D eigenvalue weighted by atomic mass is 10.1. The molecule has 2 rings (SSSR count). The van der Waals surface area contributed by atoms with Crippen LogP contribution in [0.4, 0.5) is 5.82 Å². The van der Waals surface area contributed by atoms with Crippen LogP contribution in [0.5, 0.6) is 5.75 Å². The minimum Gasteiger partial charge on any atom is -0.508 e. The van der Waals surface area contributed by atoms with E-state index in [1.807, 2.05) is 12.1 Å². The number of nitrogens with zero attached hydrogens (tertiary/aromatic N) is 1. The Morgan fingerprint density at radius 2 is 1.94 bits per heavy atom. The molecule has 0 aliphatic heterocycles. The molecular formula is C12H11ClN2O. The number of halogens is 1. The summed E-state index contributed by atoms with van der Waals surface area (Å²) in [6.45, 7) is 0. The average molecular weight is 235 g/mol. The molecule has 0 saturated heterocycles. The van der Waals surface area contributed by atoms with Crippen molar-refractivity contribution in [1.29, 1.82) is 0 Å². The van der Waals surface area contributed by atoms with Crippen molar-refractivity contribution >= 4 is 17.4 Å². The van der Waals surface area contributed by atoms with E-state index in [0.29, 0.717) is 17.3 Å². The van der Waals surface area contributed by atoms with Crippen LogP contribution in [0, 0.1) is 0 Å². The van der Waals surface area contributed by atoms with Crippen molar-refractivity contribution in [3.63, 3.8) is 0 Å². The molecule has 0 bridgehead atoms. The fourth-order valence-corrected chi connectivity index (χ4v) is 1.65. The van der Waals surface area contributed by atoms with Crippen molar-refractivity contribution < 1.29 is 5.11 Å². The lowest BCUT2D eigenvalue weighted by Gasteiger charge is -2.05. The summed E-state index contributed by atoms with van der Waals surface area (Å²) in [5, 5.41) is 9.74. The molecular weight excluding hydrogens is 224 g/mol. The molecule has 0 radical (unpaired) electrons. The van der Waals surface area contributed by atoms with E-state index in [1.54, 1.807) is 18.2 Å². The van der Waals surface area contributed by atoms with Crippen LogP contribution in [0.15, 0.2) is 36.5 Å². The molecule has 3 nitrogen and oxygen atoms in total. The number of phenols is 1. The number of rotatable bonds is 2. The number of aromatic nitrogens is 1. The fraction of sp³-hybridized carbons (Fsp3) is 0.0833. The highest BCUT2D eigenvalue weighted by atomic mass is 35.5. The molecule has 0 unspecified atom stereocenters. The van der Waals surface area contributed by atoms with E-state index >= 15 is 0 Å². The van der Waals surface area contributed by atoms with Gasteiger partial charge in [0.2, 0.25) is 0 Å². The van der Waals surface area contributed by atoms with Crippen molar-refractivity contribution in [2.24, 2.45) is 0 Å². The maximum absolute atomic E-state index is 9.16. The summed E-state index contributed by atoms with van der Waals surface area (Å²) < 4.78 is 0. The van der Waals surface area contributed by atoms with Crippen LogP contribution in [0.1, 0.15) is 11.1 Å². The fourth-order valence-electron chi connectivity index (χ4n) is 1.47. The quantitative estimate of drug-likeness (QED) is 0.840. The van der Waals surface area contributed by atoms with Gasteiger partial charge in [-0.25, -0.2) is 4.98 Å². The second kappa shape index (κ2) is 4.41. The van der Waals surface area contributed by atoms with Crippen molar-refractivity contribution in [3.8, 4) is 5.75 Å². The first-order valence-corrected chi connectivity index (χ1v) is 5.21. The summed E-state index contributed by atoms with van der Waals surface area (Å²) >= 11 is 5.85. The first-order chi connectivity index (χ1) is 7.65. The van der Waals surface area contributed by atoms with E-state index in [4.69, 9.17) is 22.4 Å². The van der Waals surface area contributed by atoms with Crippen LogP contribution in [-0.2, 0) is 6.42 Å². The summed E-state index contributed by atoms with van der Waals surface area (Å²) in [7, 11) is 0. The molecule has 0 aliphatic rings. The van der Waals surface area contributed by atoms with Gasteiger partial charge in [-0.15, -0.1) is 0 Å². The minimum absolute atomic E-state index is 0.251. The highest BCUT2D eigenvalue weighted by molar-refractivity contribution is 6.30. The van der Waals surface area contributed by atoms with Gasteiger partial charge in [-0.2, -0.15) is 0 Å². The van der Waals surface area contributed by atoms with Crippen molar-refractivity contribution in [1.82, 2.24) is 4.98 Å². The molecule has 1 aromatic heterocycles. The zero-order valence-electron chi connectivity index (χ0n) is 8.52. The van der Waals surface area contributed by atoms with Gasteiger partial charge in [-0.05, 0) is 23.8 Å². The summed E-state index contributed by atoms with van der Waals surface area (Å²) in [5.41, 5.74) is 7.68. The van der Waals surface area contributed by atoms with Gasteiger partial charge in [0.25, 0.3) is 0 Å². The Bertz CT molecular complexity index is 497. The molecule has 1 aromatic carbocycles. The van der Waals surface area contributed by atoms with Crippen LogP contribution in [0.3, 0.4) is 0 Å². The third kappa shape index (κ3) is 2.44. The lowest BCUT2D eigenvalue weighted by Crippen LogP contribution is -1.98. The number of benzene rings is 1. The Morgan fingerprint density at radius 3 is 2.62 bits per heavy atom. The molecule has 0 aliphatic carbocycles. The SMILES string of the molecule is Nc1ncc(Cl)cc1Cc1ccc(O)cc1. The summed E-state index contributed by atoms with van der Waals surface area (Å²) in [4.78, 5) is 3.99. The highest BCUT2D eigenvalue weighted by Crippen LogP contribution is 2.19. The zero-order chi connectivity index (χ0) is 11.5. The Hall–Kier alpha value is -1.74. The van der Waals surface area contributed by atoms with Gasteiger partial charge in [-0.1, -0.05) is 23.7 Å². The smallest absolute Gasteiger partial charge is 0.126 e. The average Bonchev–Trinajstić information content (AvgIpc) is 2.27. The number of aromatic hydroxyl groups is 1. The molecule has 0 saturated carbocycles. The van der Waals surface area contributed by atoms with Gasteiger partial charge < -0.3 is 10.8 Å². The van der Waals surface area contributed by atoms with E-state index < -0.39 is 0 Å². The van der Waals surface area contributed by atoms with Crippen LogP contribution >= 0.6 is 11.6 Å². The Labute approximate surface area is 98.5 Å². The predicted molar refractivity (Wildman–Crippen MR) is 64.6 cm³/mol. The van der Waals surface area contributed by atoms with Crippen molar-refractivity contribution in [2.45, 2.75) is 6.42 Å². The number of nitrogen functional groups attached to an aromatic ring is 1. The van der Waals surface area contributed by atoms with E-state index in [2.05, 4.69) is 4.98 Å². The number of anilines is 1. The van der Waals surface area contributed by atoms with E-state index in [0.717, 1.165) is 11.1 Å². The third-order valence-corrected chi connectivity index (χ3v) is 2.51. The monoisotopic (exact) mass is 234 g/mol. The maximum atomic E-state index is 9.16. The number of hydrogen-bond acceptors (Lipinski definition) is 3. The molecule has 0 amide bonds. The molecule has 4 heteroatoms. The Kier molecular flexibility index (Phi) is 2.97. The Morgan fingerprint density at radius 1 is 1.25 bits per heavy atom. The van der Waals surface area contributed by atoms with Gasteiger partial charge in [-0.3, -0.25) is 0 Å². The first-order valence-electron chi connectivity index (χ1n) is 4.83. The largest absolute Gasteiger partial charge is 0.508 e. The van der Waals surface area contributed by atoms with Crippen molar-refractivity contribution in [3.05, 3.63) is 52.7 Å². The van der Waals surface area contributed by atoms with Crippen LogP contribution in [-0.4, -0.2) is 10.1 Å². The number of hydrogen-bond donors (Lipinski definition) is 2. The second-order valence-corrected chi connectivity index (χ2v) is 3.98. The van der Waals surface area contributed by atoms with Crippen LogP contribution in [0.2, 0.25) is 5.02 Å². The number of nitrogens with two attached hydrogens (primary N) is 1. The van der Waals surface area contributed by atoms with Gasteiger partial charge in [0.1, 0.15) is 11.6 Å². The lowest BCUT2D eigenvalue weighted by molar-refractivity contribution is 0.475. The zero-order valence-corrected chi connectivity index (χ0v) is 9.28. The maximum Gasteiger partial charge on any atom is 0.126 e. The molecule has 0 spiro atoms. The van der Waals surface area contributed by atoms with Crippen LogP contribution in [0.25, 0.3) is 0 Å². The first kappa shape index (κ1) is 10.8. The number of phenolic OH excluding ortho intramolecular Hbond substituents is 1. The van der Waals surface area contributed by atoms with Crippen LogP contribution < -0.4 is 5.73 Å². The molecule has 16 heavy (non-hydrogen) atoms. The summed E-state index contributed by atoms with van der Waals surface area (Å²) in [5.74, 6) is 0.735. The normalized spacial score (nSPS) is 10.3. The topological polar surface area (TPSA) is 59.1 Å². The van der Waals surface area contributed by atoms with Gasteiger partial charge in [0.15, 0.2) is 0 Å². The molecule has 0 fully saturated rings.